The maximum absolute atomic E-state index is 5.36. The van der Waals surface area contributed by atoms with Crippen LogP contribution in [-0.2, 0) is 13.1 Å². The molecule has 0 aliphatic heterocycles. The van der Waals surface area contributed by atoms with Gasteiger partial charge in [0, 0.05) is 18.0 Å². The molecule has 4 rings (SSSR count). The van der Waals surface area contributed by atoms with Gasteiger partial charge in [-0.1, -0.05) is 29.4 Å². The zero-order valence-corrected chi connectivity index (χ0v) is 16.0. The lowest BCUT2D eigenvalue weighted by Crippen LogP contribution is -2.17. The largest absolute Gasteiger partial charge is 0.360 e. The summed E-state index contributed by atoms with van der Waals surface area (Å²) < 4.78 is 5.36. The number of rotatable bonds is 5. The van der Waals surface area contributed by atoms with Gasteiger partial charge in [-0.05, 0) is 49.5 Å². The SMILES string of the molecule is Cc1cc(CN(C)Cc2cc3cccc(C)c3nc2-c2cccs2)on1. The smallest absolute Gasteiger partial charge is 0.150 e. The zero-order chi connectivity index (χ0) is 18.1. The van der Waals surface area contributed by atoms with Gasteiger partial charge < -0.3 is 4.52 Å². The van der Waals surface area contributed by atoms with Gasteiger partial charge in [-0.2, -0.15) is 0 Å². The number of nitrogens with zero attached hydrogens (tertiary/aromatic N) is 3. The summed E-state index contributed by atoms with van der Waals surface area (Å²) in [5.41, 5.74) is 5.49. The number of benzene rings is 1. The number of pyridine rings is 1. The van der Waals surface area contributed by atoms with E-state index in [1.54, 1.807) is 11.3 Å². The molecule has 0 spiro atoms. The lowest BCUT2D eigenvalue weighted by molar-refractivity contribution is 0.266. The Kier molecular flexibility index (Phi) is 4.57. The van der Waals surface area contributed by atoms with Gasteiger partial charge in [0.05, 0.1) is 28.3 Å². The van der Waals surface area contributed by atoms with Gasteiger partial charge in [0.1, 0.15) is 0 Å². The third kappa shape index (κ3) is 3.41. The molecule has 3 heterocycles. The predicted molar refractivity (Wildman–Crippen MR) is 106 cm³/mol. The van der Waals surface area contributed by atoms with Crippen LogP contribution in [0, 0.1) is 13.8 Å². The second-order valence-corrected chi connectivity index (χ2v) is 7.67. The molecule has 1 aromatic carbocycles. The van der Waals surface area contributed by atoms with Gasteiger partial charge in [-0.25, -0.2) is 4.98 Å². The quantitative estimate of drug-likeness (QED) is 0.489. The lowest BCUT2D eigenvalue weighted by atomic mass is 10.0. The number of aryl methyl sites for hydroxylation is 2. The van der Waals surface area contributed by atoms with Crippen molar-refractivity contribution in [1.82, 2.24) is 15.0 Å². The van der Waals surface area contributed by atoms with Crippen LogP contribution in [0.5, 0.6) is 0 Å². The molecule has 0 fully saturated rings. The van der Waals surface area contributed by atoms with Crippen molar-refractivity contribution in [1.29, 1.82) is 0 Å². The Bertz CT molecular complexity index is 1040. The molecule has 5 heteroatoms. The molecule has 132 valence electrons. The molecule has 0 aliphatic rings. The highest BCUT2D eigenvalue weighted by Crippen LogP contribution is 2.31. The van der Waals surface area contributed by atoms with Crippen LogP contribution in [0.4, 0.5) is 0 Å². The molecule has 4 aromatic rings. The molecule has 4 nitrogen and oxygen atoms in total. The van der Waals surface area contributed by atoms with Crippen LogP contribution in [-0.4, -0.2) is 22.1 Å². The second kappa shape index (κ2) is 7.02. The fraction of sp³-hybridized carbons (Fsp3) is 0.238. The highest BCUT2D eigenvalue weighted by Gasteiger charge is 2.14. The van der Waals surface area contributed by atoms with Crippen LogP contribution in [0.15, 0.2) is 52.4 Å². The van der Waals surface area contributed by atoms with Crippen molar-refractivity contribution in [3.63, 3.8) is 0 Å². The molecule has 0 N–H and O–H groups in total. The van der Waals surface area contributed by atoms with Crippen molar-refractivity contribution < 1.29 is 4.52 Å². The number of hydrogen-bond donors (Lipinski definition) is 0. The first-order valence-electron chi connectivity index (χ1n) is 8.64. The van der Waals surface area contributed by atoms with E-state index in [1.165, 1.54) is 21.4 Å². The number of aromatic nitrogens is 2. The highest BCUT2D eigenvalue weighted by atomic mass is 32.1. The molecule has 0 atom stereocenters. The minimum absolute atomic E-state index is 0.719. The van der Waals surface area contributed by atoms with Crippen LogP contribution in [0.2, 0.25) is 0 Å². The Morgan fingerprint density at radius 2 is 1.96 bits per heavy atom. The molecule has 0 bridgehead atoms. The van der Waals surface area contributed by atoms with Crippen molar-refractivity contribution in [3.8, 4) is 10.6 Å². The Balaban J connectivity index is 1.71. The lowest BCUT2D eigenvalue weighted by Gasteiger charge is -2.18. The molecule has 0 aliphatic carbocycles. The van der Waals surface area contributed by atoms with E-state index in [9.17, 15) is 0 Å². The maximum atomic E-state index is 5.36. The zero-order valence-electron chi connectivity index (χ0n) is 15.2. The van der Waals surface area contributed by atoms with E-state index in [0.29, 0.717) is 0 Å². The first-order chi connectivity index (χ1) is 12.6. The summed E-state index contributed by atoms with van der Waals surface area (Å²) in [5, 5.41) is 7.26. The van der Waals surface area contributed by atoms with Crippen LogP contribution >= 0.6 is 11.3 Å². The van der Waals surface area contributed by atoms with Crippen molar-refractivity contribution in [2.45, 2.75) is 26.9 Å². The van der Waals surface area contributed by atoms with E-state index in [1.807, 2.05) is 13.0 Å². The molecule has 0 unspecified atom stereocenters. The van der Waals surface area contributed by atoms with Gasteiger partial charge in [-0.15, -0.1) is 11.3 Å². The minimum atomic E-state index is 0.719. The number of thiophene rings is 1. The van der Waals surface area contributed by atoms with E-state index in [4.69, 9.17) is 9.51 Å². The third-order valence-electron chi connectivity index (χ3n) is 4.42. The maximum Gasteiger partial charge on any atom is 0.150 e. The van der Waals surface area contributed by atoms with Crippen LogP contribution < -0.4 is 0 Å². The summed E-state index contributed by atoms with van der Waals surface area (Å²) in [5.74, 6) is 0.882. The normalized spacial score (nSPS) is 11.5. The second-order valence-electron chi connectivity index (χ2n) is 6.73. The Morgan fingerprint density at radius 3 is 2.69 bits per heavy atom. The molecule has 0 radical (unpaired) electrons. The topological polar surface area (TPSA) is 42.2 Å². The van der Waals surface area contributed by atoms with E-state index >= 15 is 0 Å². The molecule has 26 heavy (non-hydrogen) atoms. The Labute approximate surface area is 157 Å². The molecular weight excluding hydrogens is 342 g/mol. The first kappa shape index (κ1) is 16.9. The average molecular weight is 363 g/mol. The summed E-state index contributed by atoms with van der Waals surface area (Å²) in [6.45, 7) is 5.57. The summed E-state index contributed by atoms with van der Waals surface area (Å²) in [4.78, 5) is 8.46. The van der Waals surface area contributed by atoms with Crippen LogP contribution in [0.3, 0.4) is 0 Å². The molecule has 0 saturated heterocycles. The van der Waals surface area contributed by atoms with E-state index in [-0.39, 0.29) is 0 Å². The van der Waals surface area contributed by atoms with Gasteiger partial charge in [0.15, 0.2) is 5.76 Å². The first-order valence-corrected chi connectivity index (χ1v) is 9.52. The van der Waals surface area contributed by atoms with Crippen molar-refractivity contribution in [2.75, 3.05) is 7.05 Å². The van der Waals surface area contributed by atoms with E-state index in [0.717, 1.165) is 35.8 Å². The van der Waals surface area contributed by atoms with Crippen molar-refractivity contribution in [2.24, 2.45) is 0 Å². The average Bonchev–Trinajstić information content (AvgIpc) is 3.26. The van der Waals surface area contributed by atoms with Crippen LogP contribution in [0.25, 0.3) is 21.5 Å². The van der Waals surface area contributed by atoms with Gasteiger partial charge >= 0.3 is 0 Å². The molecule has 3 aromatic heterocycles. The van der Waals surface area contributed by atoms with Crippen LogP contribution in [0.1, 0.15) is 22.6 Å². The number of fused-ring (bicyclic) bond motifs is 1. The highest BCUT2D eigenvalue weighted by molar-refractivity contribution is 7.13. The monoisotopic (exact) mass is 363 g/mol. The molecular formula is C21H21N3OS. The molecule has 0 saturated carbocycles. The fourth-order valence-corrected chi connectivity index (χ4v) is 3.99. The van der Waals surface area contributed by atoms with Crippen molar-refractivity contribution >= 4 is 22.2 Å². The Hall–Kier alpha value is -2.50. The van der Waals surface area contributed by atoms with Gasteiger partial charge in [-0.3, -0.25) is 4.90 Å². The van der Waals surface area contributed by atoms with Gasteiger partial charge in [0.2, 0.25) is 0 Å². The number of hydrogen-bond acceptors (Lipinski definition) is 5. The summed E-state index contributed by atoms with van der Waals surface area (Å²) in [6.07, 6.45) is 0. The third-order valence-corrected chi connectivity index (χ3v) is 5.30. The Morgan fingerprint density at radius 1 is 1.08 bits per heavy atom. The number of para-hydroxylation sites is 1. The predicted octanol–water partition coefficient (Wildman–Crippen LogP) is 5.20. The fourth-order valence-electron chi connectivity index (χ4n) is 3.24. The summed E-state index contributed by atoms with van der Waals surface area (Å²) in [7, 11) is 2.09. The standard InChI is InChI=1S/C21H21N3OS/c1-14-6-4-7-16-11-17(12-24(3)13-18-10-15(2)23-25-18)21(22-20(14)16)19-8-5-9-26-19/h4-11H,12-13H2,1-3H3. The van der Waals surface area contributed by atoms with E-state index in [2.05, 4.69) is 65.8 Å². The minimum Gasteiger partial charge on any atom is -0.360 e. The van der Waals surface area contributed by atoms with Crippen molar-refractivity contribution in [3.05, 3.63) is 70.4 Å². The summed E-state index contributed by atoms with van der Waals surface area (Å²) >= 11 is 1.73. The van der Waals surface area contributed by atoms with Gasteiger partial charge in [0.25, 0.3) is 0 Å². The van der Waals surface area contributed by atoms with E-state index < -0.39 is 0 Å². The summed E-state index contributed by atoms with van der Waals surface area (Å²) in [6, 6.07) is 14.8. The molecule has 0 amide bonds.